The average molecular weight is 295 g/mol. The highest BCUT2D eigenvalue weighted by Crippen LogP contribution is 2.16. The molecule has 0 saturated carbocycles. The van der Waals surface area contributed by atoms with Crippen molar-refractivity contribution in [3.8, 4) is 5.75 Å². The molecule has 0 amide bonds. The molecule has 3 nitrogen and oxygen atoms in total. The average Bonchev–Trinajstić information content (AvgIpc) is 2.26. The van der Waals surface area contributed by atoms with Gasteiger partial charge in [-0.25, -0.2) is 12.8 Å². The summed E-state index contributed by atoms with van der Waals surface area (Å²) in [6.45, 7) is 2.12. The van der Waals surface area contributed by atoms with Gasteiger partial charge < -0.3 is 4.74 Å². The third kappa shape index (κ3) is 6.21. The van der Waals surface area contributed by atoms with Crippen LogP contribution < -0.4 is 4.74 Å². The molecule has 0 heterocycles. The van der Waals surface area contributed by atoms with Gasteiger partial charge in [-0.05, 0) is 37.8 Å². The second-order valence-electron chi connectivity index (χ2n) is 4.06. The predicted octanol–water partition coefficient (Wildman–Crippen LogP) is 3.25. The lowest BCUT2D eigenvalue weighted by molar-refractivity contribution is 0.304. The highest BCUT2D eigenvalue weighted by Gasteiger charge is 2.04. The molecule has 0 fully saturated rings. The van der Waals surface area contributed by atoms with Gasteiger partial charge in [0.1, 0.15) is 11.6 Å². The molecule has 18 heavy (non-hydrogen) atoms. The molecule has 0 aliphatic heterocycles. The minimum absolute atomic E-state index is 0.0201. The minimum Gasteiger partial charge on any atom is -0.493 e. The van der Waals surface area contributed by atoms with Crippen LogP contribution in [-0.2, 0) is 9.05 Å². The fraction of sp³-hybridized carbons (Fsp3) is 0.500. The van der Waals surface area contributed by atoms with Gasteiger partial charge in [0.05, 0.1) is 12.4 Å². The zero-order chi connectivity index (χ0) is 13.6. The Balaban J connectivity index is 2.20. The van der Waals surface area contributed by atoms with Crippen molar-refractivity contribution in [1.29, 1.82) is 0 Å². The molecular formula is C12H16ClFO3S. The largest absolute Gasteiger partial charge is 0.493 e. The van der Waals surface area contributed by atoms with Crippen LogP contribution in [0.4, 0.5) is 4.39 Å². The van der Waals surface area contributed by atoms with Crippen LogP contribution in [0.25, 0.3) is 0 Å². The highest BCUT2D eigenvalue weighted by molar-refractivity contribution is 8.13. The molecule has 1 rings (SSSR count). The summed E-state index contributed by atoms with van der Waals surface area (Å²) in [4.78, 5) is 0. The van der Waals surface area contributed by atoms with E-state index in [-0.39, 0.29) is 11.6 Å². The van der Waals surface area contributed by atoms with Crippen LogP contribution in [-0.4, -0.2) is 20.8 Å². The molecule has 0 unspecified atom stereocenters. The maximum absolute atomic E-state index is 13.2. The first kappa shape index (κ1) is 15.2. The van der Waals surface area contributed by atoms with E-state index in [1.54, 1.807) is 19.1 Å². The summed E-state index contributed by atoms with van der Waals surface area (Å²) in [6.07, 6.45) is 1.93. The number of halogens is 2. The Hall–Kier alpha value is -0.810. The van der Waals surface area contributed by atoms with Gasteiger partial charge in [-0.15, -0.1) is 0 Å². The number of benzene rings is 1. The van der Waals surface area contributed by atoms with Crippen molar-refractivity contribution < 1.29 is 17.5 Å². The molecule has 102 valence electrons. The summed E-state index contributed by atoms with van der Waals surface area (Å²) < 4.78 is 39.8. The van der Waals surface area contributed by atoms with E-state index in [0.717, 1.165) is 0 Å². The number of aryl methyl sites for hydroxylation is 1. The molecule has 1 aromatic carbocycles. The van der Waals surface area contributed by atoms with Crippen LogP contribution in [0.1, 0.15) is 24.8 Å². The molecule has 0 aliphatic rings. The second-order valence-corrected chi connectivity index (χ2v) is 6.96. The van der Waals surface area contributed by atoms with Crippen LogP contribution in [0.5, 0.6) is 5.75 Å². The highest BCUT2D eigenvalue weighted by atomic mass is 35.7. The predicted molar refractivity (Wildman–Crippen MR) is 70.1 cm³/mol. The maximum Gasteiger partial charge on any atom is 0.232 e. The summed E-state index contributed by atoms with van der Waals surface area (Å²) in [7, 11) is 1.68. The fourth-order valence-electron chi connectivity index (χ4n) is 1.41. The van der Waals surface area contributed by atoms with Gasteiger partial charge in [-0.2, -0.15) is 0 Å². The lowest BCUT2D eigenvalue weighted by Crippen LogP contribution is -2.01. The van der Waals surface area contributed by atoms with Crippen molar-refractivity contribution in [2.75, 3.05) is 12.4 Å². The van der Waals surface area contributed by atoms with Crippen molar-refractivity contribution in [2.45, 2.75) is 26.2 Å². The van der Waals surface area contributed by atoms with E-state index >= 15 is 0 Å². The van der Waals surface area contributed by atoms with Gasteiger partial charge in [-0.1, -0.05) is 6.07 Å². The van der Waals surface area contributed by atoms with E-state index < -0.39 is 9.05 Å². The van der Waals surface area contributed by atoms with Crippen LogP contribution in [0.15, 0.2) is 18.2 Å². The van der Waals surface area contributed by atoms with E-state index in [9.17, 15) is 12.8 Å². The van der Waals surface area contributed by atoms with Gasteiger partial charge >= 0.3 is 0 Å². The Morgan fingerprint density at radius 2 is 2.00 bits per heavy atom. The lowest BCUT2D eigenvalue weighted by Gasteiger charge is -2.06. The number of hydrogen-bond acceptors (Lipinski definition) is 3. The molecule has 1 aromatic rings. The Bertz CT molecular complexity index is 488. The van der Waals surface area contributed by atoms with Crippen LogP contribution in [0.3, 0.4) is 0 Å². The SMILES string of the molecule is Cc1ccc(OCCCCCS(=O)(=O)Cl)cc1F. The van der Waals surface area contributed by atoms with Crippen molar-refractivity contribution in [2.24, 2.45) is 0 Å². The van der Waals surface area contributed by atoms with Crippen molar-refractivity contribution in [1.82, 2.24) is 0 Å². The van der Waals surface area contributed by atoms with E-state index in [0.29, 0.717) is 37.2 Å². The topological polar surface area (TPSA) is 43.4 Å². The molecule has 0 aliphatic carbocycles. The first-order valence-electron chi connectivity index (χ1n) is 5.70. The molecule has 6 heteroatoms. The van der Waals surface area contributed by atoms with E-state index in [4.69, 9.17) is 15.4 Å². The Morgan fingerprint density at radius 1 is 1.28 bits per heavy atom. The quantitative estimate of drug-likeness (QED) is 0.573. The molecule has 0 spiro atoms. The Kier molecular flexibility index (Phi) is 5.88. The first-order valence-corrected chi connectivity index (χ1v) is 8.17. The molecule has 0 aromatic heterocycles. The summed E-state index contributed by atoms with van der Waals surface area (Å²) in [5.41, 5.74) is 0.578. The van der Waals surface area contributed by atoms with E-state index in [1.807, 2.05) is 0 Å². The minimum atomic E-state index is -3.39. The first-order chi connectivity index (χ1) is 8.38. The number of unbranched alkanes of at least 4 members (excludes halogenated alkanes) is 2. The van der Waals surface area contributed by atoms with Crippen LogP contribution in [0, 0.1) is 12.7 Å². The normalized spacial score (nSPS) is 11.5. The maximum atomic E-state index is 13.2. The molecule has 0 N–H and O–H groups in total. The Labute approximate surface area is 111 Å². The molecule has 0 atom stereocenters. The third-order valence-electron chi connectivity index (χ3n) is 2.44. The zero-order valence-electron chi connectivity index (χ0n) is 10.2. The monoisotopic (exact) mass is 294 g/mol. The number of rotatable bonds is 7. The third-order valence-corrected chi connectivity index (χ3v) is 3.68. The van der Waals surface area contributed by atoms with E-state index in [1.165, 1.54) is 6.07 Å². The number of ether oxygens (including phenoxy) is 1. The van der Waals surface area contributed by atoms with Crippen LogP contribution in [0.2, 0.25) is 0 Å². The Morgan fingerprint density at radius 3 is 2.61 bits per heavy atom. The standard InChI is InChI=1S/C12H16ClFO3S/c1-10-5-6-11(9-12(10)14)17-7-3-2-4-8-18(13,15)16/h5-6,9H,2-4,7-8H2,1H3. The smallest absolute Gasteiger partial charge is 0.232 e. The van der Waals surface area contributed by atoms with Gasteiger partial charge in [0.15, 0.2) is 0 Å². The summed E-state index contributed by atoms with van der Waals surface area (Å²) >= 11 is 0. The van der Waals surface area contributed by atoms with Gasteiger partial charge in [0.2, 0.25) is 9.05 Å². The molecule has 0 saturated heterocycles. The lowest BCUT2D eigenvalue weighted by atomic mass is 10.2. The molecule has 0 radical (unpaired) electrons. The summed E-state index contributed by atoms with van der Waals surface area (Å²) in [5, 5.41) is 0. The molecule has 0 bridgehead atoms. The zero-order valence-corrected chi connectivity index (χ0v) is 11.7. The van der Waals surface area contributed by atoms with Crippen molar-refractivity contribution in [3.05, 3.63) is 29.6 Å². The summed E-state index contributed by atoms with van der Waals surface area (Å²) in [5.74, 6) is 0.178. The number of hydrogen-bond donors (Lipinski definition) is 0. The second kappa shape index (κ2) is 6.95. The van der Waals surface area contributed by atoms with E-state index in [2.05, 4.69) is 0 Å². The fourth-order valence-corrected chi connectivity index (χ4v) is 2.28. The van der Waals surface area contributed by atoms with Gasteiger partial charge in [0.25, 0.3) is 0 Å². The molecular weight excluding hydrogens is 279 g/mol. The summed E-state index contributed by atoms with van der Waals surface area (Å²) in [6, 6.07) is 4.71. The van der Waals surface area contributed by atoms with Crippen LogP contribution >= 0.6 is 10.7 Å². The van der Waals surface area contributed by atoms with Crippen molar-refractivity contribution in [3.63, 3.8) is 0 Å². The van der Waals surface area contributed by atoms with Crippen molar-refractivity contribution >= 4 is 19.7 Å². The van der Waals surface area contributed by atoms with Gasteiger partial charge in [-0.3, -0.25) is 0 Å². The van der Waals surface area contributed by atoms with Gasteiger partial charge in [0, 0.05) is 16.7 Å².